The van der Waals surface area contributed by atoms with Gasteiger partial charge in [-0.15, -0.1) is 0 Å². The molecule has 1 aliphatic heterocycles. The molecule has 1 atom stereocenters. The van der Waals surface area contributed by atoms with Crippen LogP contribution in [0.2, 0.25) is 0 Å². The van der Waals surface area contributed by atoms with Crippen LogP contribution in [0.25, 0.3) is 0 Å². The lowest BCUT2D eigenvalue weighted by Gasteiger charge is -2.40. The van der Waals surface area contributed by atoms with Gasteiger partial charge in [0.15, 0.2) is 0 Å². The van der Waals surface area contributed by atoms with E-state index >= 15 is 0 Å². The number of nitrogens with one attached hydrogen (secondary N) is 1. The quantitative estimate of drug-likeness (QED) is 0.675. The van der Waals surface area contributed by atoms with Crippen molar-refractivity contribution in [1.29, 1.82) is 0 Å². The SMILES string of the molecule is CCC1(CC)CC(NCCCCSC)CCO1. The largest absolute Gasteiger partial charge is 0.375 e. The molecule has 1 N–H and O–H groups in total. The zero-order valence-electron chi connectivity index (χ0n) is 11.8. The summed E-state index contributed by atoms with van der Waals surface area (Å²) in [6.45, 7) is 6.62. The Balaban J connectivity index is 2.20. The van der Waals surface area contributed by atoms with Crippen molar-refractivity contribution in [2.45, 2.75) is 64.0 Å². The molecule has 0 radical (unpaired) electrons. The molecule has 2 nitrogen and oxygen atoms in total. The van der Waals surface area contributed by atoms with E-state index in [1.54, 1.807) is 0 Å². The molecule has 0 saturated carbocycles. The Bertz CT molecular complexity index is 195. The van der Waals surface area contributed by atoms with Gasteiger partial charge in [0.05, 0.1) is 5.60 Å². The van der Waals surface area contributed by atoms with E-state index in [2.05, 4.69) is 25.4 Å². The summed E-state index contributed by atoms with van der Waals surface area (Å²) in [5, 5.41) is 3.71. The summed E-state index contributed by atoms with van der Waals surface area (Å²) in [7, 11) is 0. The Kier molecular flexibility index (Phi) is 7.56. The first-order valence-corrected chi connectivity index (χ1v) is 8.52. The first kappa shape index (κ1) is 15.3. The van der Waals surface area contributed by atoms with Crippen LogP contribution in [-0.2, 0) is 4.74 Å². The smallest absolute Gasteiger partial charge is 0.0692 e. The second-order valence-electron chi connectivity index (χ2n) is 5.08. The summed E-state index contributed by atoms with van der Waals surface area (Å²) >= 11 is 1.95. The fourth-order valence-corrected chi connectivity index (χ4v) is 3.12. The van der Waals surface area contributed by atoms with Crippen molar-refractivity contribution in [1.82, 2.24) is 5.32 Å². The maximum Gasteiger partial charge on any atom is 0.0692 e. The molecule has 0 amide bonds. The Labute approximate surface area is 111 Å². The van der Waals surface area contributed by atoms with Crippen LogP contribution in [-0.4, -0.2) is 36.8 Å². The van der Waals surface area contributed by atoms with Gasteiger partial charge in [-0.2, -0.15) is 11.8 Å². The second-order valence-corrected chi connectivity index (χ2v) is 6.07. The Morgan fingerprint density at radius 2 is 2.06 bits per heavy atom. The average molecular weight is 259 g/mol. The molecule has 17 heavy (non-hydrogen) atoms. The van der Waals surface area contributed by atoms with Crippen LogP contribution in [0.4, 0.5) is 0 Å². The molecule has 1 aliphatic rings. The van der Waals surface area contributed by atoms with Gasteiger partial charge in [0.1, 0.15) is 0 Å². The number of unbranched alkanes of at least 4 members (excludes halogenated alkanes) is 1. The molecule has 0 spiro atoms. The van der Waals surface area contributed by atoms with E-state index in [4.69, 9.17) is 4.74 Å². The van der Waals surface area contributed by atoms with Gasteiger partial charge < -0.3 is 10.1 Å². The van der Waals surface area contributed by atoms with Gasteiger partial charge in [-0.1, -0.05) is 13.8 Å². The third-order valence-electron chi connectivity index (χ3n) is 3.99. The minimum atomic E-state index is 0.162. The van der Waals surface area contributed by atoms with Gasteiger partial charge in [0.2, 0.25) is 0 Å². The number of hydrogen-bond acceptors (Lipinski definition) is 3. The first-order chi connectivity index (χ1) is 8.26. The van der Waals surface area contributed by atoms with Crippen LogP contribution in [0.15, 0.2) is 0 Å². The molecular formula is C14H29NOS. The summed E-state index contributed by atoms with van der Waals surface area (Å²) in [5.41, 5.74) is 0.162. The third kappa shape index (κ3) is 5.19. The van der Waals surface area contributed by atoms with Gasteiger partial charge in [-0.3, -0.25) is 0 Å². The lowest BCUT2D eigenvalue weighted by molar-refractivity contribution is -0.0929. The van der Waals surface area contributed by atoms with E-state index in [-0.39, 0.29) is 5.60 Å². The highest BCUT2D eigenvalue weighted by molar-refractivity contribution is 7.98. The van der Waals surface area contributed by atoms with Crippen molar-refractivity contribution < 1.29 is 4.74 Å². The van der Waals surface area contributed by atoms with Crippen molar-refractivity contribution >= 4 is 11.8 Å². The molecule has 3 heteroatoms. The number of thioether (sulfide) groups is 1. The van der Waals surface area contributed by atoms with Gasteiger partial charge in [-0.25, -0.2) is 0 Å². The molecule has 0 bridgehead atoms. The van der Waals surface area contributed by atoms with Crippen LogP contribution < -0.4 is 5.32 Å². The highest BCUT2D eigenvalue weighted by Crippen LogP contribution is 2.31. The van der Waals surface area contributed by atoms with Gasteiger partial charge in [0.25, 0.3) is 0 Å². The van der Waals surface area contributed by atoms with Crippen molar-refractivity contribution in [2.75, 3.05) is 25.2 Å². The summed E-state index contributed by atoms with van der Waals surface area (Å²) < 4.78 is 6.00. The maximum atomic E-state index is 6.00. The average Bonchev–Trinajstić information content (AvgIpc) is 2.39. The minimum absolute atomic E-state index is 0.162. The van der Waals surface area contributed by atoms with Gasteiger partial charge >= 0.3 is 0 Å². The molecule has 0 aromatic heterocycles. The third-order valence-corrected chi connectivity index (χ3v) is 4.69. The van der Waals surface area contributed by atoms with Crippen molar-refractivity contribution in [3.05, 3.63) is 0 Å². The molecular weight excluding hydrogens is 230 g/mol. The van der Waals surface area contributed by atoms with Crippen LogP contribution in [0.3, 0.4) is 0 Å². The van der Waals surface area contributed by atoms with E-state index in [9.17, 15) is 0 Å². The molecule has 1 saturated heterocycles. The van der Waals surface area contributed by atoms with E-state index in [1.807, 2.05) is 11.8 Å². The normalized spacial score (nSPS) is 23.8. The summed E-state index contributed by atoms with van der Waals surface area (Å²) in [6, 6.07) is 0.679. The standard InChI is InChI=1S/C14H29NOS/c1-4-14(5-2)12-13(8-10-16-14)15-9-6-7-11-17-3/h13,15H,4-12H2,1-3H3. The monoisotopic (exact) mass is 259 g/mol. The zero-order chi connectivity index (χ0) is 12.6. The van der Waals surface area contributed by atoms with E-state index in [0.717, 1.165) is 19.4 Å². The Hall–Kier alpha value is 0.270. The second kappa shape index (κ2) is 8.39. The summed E-state index contributed by atoms with van der Waals surface area (Å²) in [6.07, 6.45) is 9.51. The van der Waals surface area contributed by atoms with E-state index in [0.29, 0.717) is 6.04 Å². The lowest BCUT2D eigenvalue weighted by Crippen LogP contribution is -2.46. The predicted octanol–water partition coefficient (Wildman–Crippen LogP) is 3.46. The van der Waals surface area contributed by atoms with Crippen molar-refractivity contribution in [2.24, 2.45) is 0 Å². The van der Waals surface area contributed by atoms with Crippen molar-refractivity contribution in [3.8, 4) is 0 Å². The fraction of sp³-hybridized carbons (Fsp3) is 1.00. The fourth-order valence-electron chi connectivity index (χ4n) is 2.62. The maximum absolute atomic E-state index is 6.00. The zero-order valence-corrected chi connectivity index (χ0v) is 12.6. The molecule has 0 aliphatic carbocycles. The summed E-state index contributed by atoms with van der Waals surface area (Å²) in [4.78, 5) is 0. The van der Waals surface area contributed by atoms with Crippen LogP contribution in [0.5, 0.6) is 0 Å². The molecule has 0 aromatic carbocycles. The van der Waals surface area contributed by atoms with Crippen LogP contribution in [0, 0.1) is 0 Å². The van der Waals surface area contributed by atoms with E-state index < -0.39 is 0 Å². The number of rotatable bonds is 8. The number of ether oxygens (including phenoxy) is 1. The molecule has 1 heterocycles. The first-order valence-electron chi connectivity index (χ1n) is 7.12. The van der Waals surface area contributed by atoms with Gasteiger partial charge in [-0.05, 0) is 57.1 Å². The number of hydrogen-bond donors (Lipinski definition) is 1. The molecule has 1 rings (SSSR count). The van der Waals surface area contributed by atoms with E-state index in [1.165, 1.54) is 38.0 Å². The highest BCUT2D eigenvalue weighted by atomic mass is 32.2. The van der Waals surface area contributed by atoms with Crippen LogP contribution >= 0.6 is 11.8 Å². The topological polar surface area (TPSA) is 21.3 Å². The molecule has 0 aromatic rings. The molecule has 1 unspecified atom stereocenters. The van der Waals surface area contributed by atoms with Crippen molar-refractivity contribution in [3.63, 3.8) is 0 Å². The van der Waals surface area contributed by atoms with Crippen LogP contribution in [0.1, 0.15) is 52.4 Å². The summed E-state index contributed by atoms with van der Waals surface area (Å²) in [5.74, 6) is 1.29. The Morgan fingerprint density at radius 1 is 1.29 bits per heavy atom. The Morgan fingerprint density at radius 3 is 2.71 bits per heavy atom. The molecule has 102 valence electrons. The minimum Gasteiger partial charge on any atom is -0.375 e. The lowest BCUT2D eigenvalue weighted by atomic mass is 9.86. The molecule has 1 fully saturated rings. The predicted molar refractivity (Wildman–Crippen MR) is 77.9 cm³/mol. The highest BCUT2D eigenvalue weighted by Gasteiger charge is 2.33. The van der Waals surface area contributed by atoms with Gasteiger partial charge in [0, 0.05) is 12.6 Å².